The van der Waals surface area contributed by atoms with E-state index in [1.165, 1.54) is 4.57 Å². The SMILES string of the molecule is C=P(C)(C)CC[C@H]1O[C@@H](n2c(N)nc3c(=O)[nH]c(C)nc32)[C@H](O)[C@@H]1O. The lowest BCUT2D eigenvalue weighted by atomic mass is 10.1. The zero-order chi connectivity index (χ0) is 18.5. The summed E-state index contributed by atoms with van der Waals surface area (Å²) in [5, 5.41) is 20.8. The van der Waals surface area contributed by atoms with Crippen LogP contribution in [0.1, 0.15) is 18.5 Å². The van der Waals surface area contributed by atoms with Crippen LogP contribution in [-0.4, -0.2) is 73.8 Å². The predicted octanol–water partition coefficient (Wildman–Crippen LogP) is -0.271. The van der Waals surface area contributed by atoms with Gasteiger partial charge in [0, 0.05) is 0 Å². The first kappa shape index (κ1) is 18.1. The molecule has 4 atom stereocenters. The average molecular weight is 369 g/mol. The molecule has 2 aromatic rings. The molecule has 0 saturated carbocycles. The number of nitrogens with one attached hydrogen (secondary N) is 1. The zero-order valence-corrected chi connectivity index (χ0v) is 15.4. The summed E-state index contributed by atoms with van der Waals surface area (Å²) >= 11 is 0. The number of aromatic amines is 1. The number of aliphatic hydroxyl groups is 2. The highest BCUT2D eigenvalue weighted by molar-refractivity contribution is 7.72. The first-order valence-corrected chi connectivity index (χ1v) is 11.1. The second kappa shape index (κ2) is 6.25. The maximum Gasteiger partial charge on any atom is 0.279 e. The second-order valence-electron chi connectivity index (χ2n) is 7.16. The number of aliphatic hydroxyl groups excluding tert-OH is 2. The van der Waals surface area contributed by atoms with Gasteiger partial charge in [-0.1, -0.05) is 0 Å². The number of rotatable bonds is 4. The molecule has 1 fully saturated rings. The Morgan fingerprint density at radius 2 is 2.04 bits per heavy atom. The van der Waals surface area contributed by atoms with Crippen LogP contribution in [0, 0.1) is 6.92 Å². The quantitative estimate of drug-likeness (QED) is 0.544. The fourth-order valence-corrected chi connectivity index (χ4v) is 3.97. The zero-order valence-electron chi connectivity index (χ0n) is 14.5. The topological polar surface area (TPSA) is 139 Å². The van der Waals surface area contributed by atoms with Gasteiger partial charge < -0.3 is 25.7 Å². The number of hydrogen-bond acceptors (Lipinski definition) is 7. The highest BCUT2D eigenvalue weighted by Crippen LogP contribution is 2.40. The first-order valence-electron chi connectivity index (χ1n) is 8.02. The van der Waals surface area contributed by atoms with Crippen molar-refractivity contribution >= 4 is 30.3 Å². The largest absolute Gasteiger partial charge is 0.388 e. The highest BCUT2D eigenvalue weighted by atomic mass is 31.2. The van der Waals surface area contributed by atoms with Gasteiger partial charge in [-0.05, 0) is 32.8 Å². The molecule has 9 nitrogen and oxygen atoms in total. The number of nitrogen functional groups attached to an aromatic ring is 1. The molecule has 1 aliphatic heterocycles. The maximum absolute atomic E-state index is 12.0. The third kappa shape index (κ3) is 3.37. The Hall–Kier alpha value is -1.67. The van der Waals surface area contributed by atoms with Crippen molar-refractivity contribution in [3.05, 3.63) is 16.2 Å². The van der Waals surface area contributed by atoms with Gasteiger partial charge in [-0.15, -0.1) is 13.2 Å². The lowest BCUT2D eigenvalue weighted by molar-refractivity contribution is -0.0340. The Labute approximate surface area is 144 Å². The summed E-state index contributed by atoms with van der Waals surface area (Å²) in [7, 11) is 0. The minimum absolute atomic E-state index is 0.000452. The number of aryl methyl sites for hydroxylation is 1. The highest BCUT2D eigenvalue weighted by Gasteiger charge is 2.45. The van der Waals surface area contributed by atoms with Crippen LogP contribution in [0.4, 0.5) is 5.95 Å². The Kier molecular flexibility index (Phi) is 4.53. The Morgan fingerprint density at radius 1 is 1.36 bits per heavy atom. The van der Waals surface area contributed by atoms with Crippen molar-refractivity contribution in [2.45, 2.75) is 37.9 Å². The number of fused-ring (bicyclic) bond motifs is 1. The molecule has 3 rings (SSSR count). The molecule has 5 N–H and O–H groups in total. The maximum atomic E-state index is 12.0. The summed E-state index contributed by atoms with van der Waals surface area (Å²) in [6.45, 7) is 4.56. The van der Waals surface area contributed by atoms with Crippen molar-refractivity contribution in [1.29, 1.82) is 0 Å². The van der Waals surface area contributed by atoms with E-state index >= 15 is 0 Å². The van der Waals surface area contributed by atoms with Crippen LogP contribution in [-0.2, 0) is 4.74 Å². The summed E-state index contributed by atoms with van der Waals surface area (Å²) in [5.41, 5.74) is 5.81. The third-order valence-electron chi connectivity index (χ3n) is 4.31. The van der Waals surface area contributed by atoms with Crippen molar-refractivity contribution in [2.75, 3.05) is 25.2 Å². The summed E-state index contributed by atoms with van der Waals surface area (Å²) in [6.07, 6.45) is 1.80. The molecule has 25 heavy (non-hydrogen) atoms. The van der Waals surface area contributed by atoms with Crippen LogP contribution in [0.25, 0.3) is 11.2 Å². The lowest BCUT2D eigenvalue weighted by Gasteiger charge is -2.19. The standard InChI is InChI=1S/C15H24N5O4P/c1-7-17-12-9(13(23)18-7)19-15(16)20(12)14-11(22)10(21)8(24-14)5-6-25(2,3)4/h8,10-11,14,21-22H,2,5-6H2,1,3-4H3,(H2,16,19)(H,17,18,23)/t8-,10-,11-,14-/m1/s1. The second-order valence-corrected chi connectivity index (χ2v) is 11.5. The normalized spacial score (nSPS) is 27.2. The molecule has 0 aliphatic carbocycles. The van der Waals surface area contributed by atoms with Crippen LogP contribution in [0.2, 0.25) is 0 Å². The van der Waals surface area contributed by atoms with Gasteiger partial charge in [-0.3, -0.25) is 9.36 Å². The van der Waals surface area contributed by atoms with Crippen LogP contribution in [0.5, 0.6) is 0 Å². The minimum atomic E-state index is -1.28. The van der Waals surface area contributed by atoms with Crippen LogP contribution in [0.15, 0.2) is 4.79 Å². The monoisotopic (exact) mass is 369 g/mol. The number of H-pyrrole nitrogens is 1. The van der Waals surface area contributed by atoms with E-state index in [-0.39, 0.29) is 17.1 Å². The predicted molar refractivity (Wildman–Crippen MR) is 98.6 cm³/mol. The van der Waals surface area contributed by atoms with Crippen LogP contribution >= 0.6 is 6.89 Å². The molecular formula is C15H24N5O4P. The van der Waals surface area contributed by atoms with Gasteiger partial charge in [0.1, 0.15) is 18.0 Å². The number of nitrogens with two attached hydrogens (primary N) is 1. The molecule has 0 bridgehead atoms. The lowest BCUT2D eigenvalue weighted by Crippen LogP contribution is -2.32. The Morgan fingerprint density at radius 3 is 2.68 bits per heavy atom. The summed E-state index contributed by atoms with van der Waals surface area (Å²) in [5.74, 6) is 0.396. The van der Waals surface area contributed by atoms with E-state index < -0.39 is 37.0 Å². The molecule has 3 heterocycles. The molecule has 2 aromatic heterocycles. The fraction of sp³-hybridized carbons (Fsp3) is 0.600. The number of hydrogen-bond donors (Lipinski definition) is 4. The summed E-state index contributed by atoms with van der Waals surface area (Å²) in [6, 6.07) is 0. The molecule has 0 unspecified atom stereocenters. The number of nitrogens with zero attached hydrogens (tertiary/aromatic N) is 3. The van der Waals surface area contributed by atoms with Gasteiger partial charge in [0.15, 0.2) is 17.4 Å². The van der Waals surface area contributed by atoms with Crippen molar-refractivity contribution in [3.8, 4) is 0 Å². The molecule has 138 valence electrons. The van der Waals surface area contributed by atoms with Crippen molar-refractivity contribution in [3.63, 3.8) is 0 Å². The van der Waals surface area contributed by atoms with Gasteiger partial charge in [-0.25, -0.2) is 9.97 Å². The molecular weight excluding hydrogens is 345 g/mol. The molecule has 1 saturated heterocycles. The van der Waals surface area contributed by atoms with Gasteiger partial charge >= 0.3 is 0 Å². The van der Waals surface area contributed by atoms with Crippen LogP contribution in [0.3, 0.4) is 0 Å². The number of anilines is 1. The molecule has 10 heteroatoms. The molecule has 0 aromatic carbocycles. The fourth-order valence-electron chi connectivity index (χ4n) is 3.02. The molecule has 0 amide bonds. The number of ether oxygens (including phenoxy) is 1. The third-order valence-corrected chi connectivity index (χ3v) is 5.78. The van der Waals surface area contributed by atoms with Crippen molar-refractivity contribution in [2.24, 2.45) is 0 Å². The van der Waals surface area contributed by atoms with Gasteiger partial charge in [0.2, 0.25) is 5.95 Å². The molecule has 0 spiro atoms. The van der Waals surface area contributed by atoms with Gasteiger partial charge in [0.25, 0.3) is 5.56 Å². The van der Waals surface area contributed by atoms with E-state index in [0.29, 0.717) is 12.2 Å². The summed E-state index contributed by atoms with van der Waals surface area (Å²) < 4.78 is 7.25. The van der Waals surface area contributed by atoms with Gasteiger partial charge in [0.05, 0.1) is 6.10 Å². The number of aromatic nitrogens is 4. The molecule has 1 aliphatic rings. The van der Waals surface area contributed by atoms with Crippen LogP contribution < -0.4 is 11.3 Å². The Bertz CT molecular complexity index is 901. The van der Waals surface area contributed by atoms with E-state index in [1.807, 2.05) is 0 Å². The van der Waals surface area contributed by atoms with E-state index in [9.17, 15) is 15.0 Å². The number of imidazole rings is 1. The van der Waals surface area contributed by atoms with Gasteiger partial charge in [-0.2, -0.15) is 0 Å². The Balaban J connectivity index is 1.97. The van der Waals surface area contributed by atoms with Crippen molar-refractivity contribution in [1.82, 2.24) is 19.5 Å². The van der Waals surface area contributed by atoms with E-state index in [0.717, 1.165) is 6.16 Å². The summed E-state index contributed by atoms with van der Waals surface area (Å²) in [4.78, 5) is 22.9. The minimum Gasteiger partial charge on any atom is -0.388 e. The smallest absolute Gasteiger partial charge is 0.279 e. The van der Waals surface area contributed by atoms with E-state index in [2.05, 4.69) is 34.6 Å². The average Bonchev–Trinajstić information content (AvgIpc) is 2.95. The first-order chi connectivity index (χ1) is 11.6. The van der Waals surface area contributed by atoms with E-state index in [4.69, 9.17) is 10.5 Å². The van der Waals surface area contributed by atoms with Crippen molar-refractivity contribution < 1.29 is 14.9 Å². The van der Waals surface area contributed by atoms with E-state index in [1.54, 1.807) is 6.92 Å². The molecule has 0 radical (unpaired) electrons.